The van der Waals surface area contributed by atoms with Crippen molar-refractivity contribution in [1.82, 2.24) is 0 Å². The van der Waals surface area contributed by atoms with Crippen molar-refractivity contribution in [2.75, 3.05) is 13.2 Å². The Kier molecular flexibility index (Phi) is 4.99. The molecule has 0 spiro atoms. The molecule has 0 radical (unpaired) electrons. The Bertz CT molecular complexity index is 173. The van der Waals surface area contributed by atoms with Gasteiger partial charge >= 0.3 is 0 Å². The van der Waals surface area contributed by atoms with Crippen molar-refractivity contribution in [3.63, 3.8) is 0 Å². The summed E-state index contributed by atoms with van der Waals surface area (Å²) in [5.41, 5.74) is 5.85. The highest BCUT2D eigenvalue weighted by atomic mass is 16.7. The van der Waals surface area contributed by atoms with Gasteiger partial charge in [-0.1, -0.05) is 0 Å². The zero-order valence-electron chi connectivity index (χ0n) is 9.74. The third-order valence-electron chi connectivity index (χ3n) is 2.99. The minimum absolute atomic E-state index is 0.203. The fourth-order valence-corrected chi connectivity index (χ4v) is 2.06. The lowest BCUT2D eigenvalue weighted by Gasteiger charge is -2.40. The van der Waals surface area contributed by atoms with Gasteiger partial charge in [-0.15, -0.1) is 0 Å². The summed E-state index contributed by atoms with van der Waals surface area (Å²) in [7, 11) is 0. The number of aliphatic hydroxyl groups is 1. The van der Waals surface area contributed by atoms with Gasteiger partial charge in [0.2, 0.25) is 0 Å². The van der Waals surface area contributed by atoms with Crippen molar-refractivity contribution >= 4 is 0 Å². The van der Waals surface area contributed by atoms with E-state index in [0.29, 0.717) is 13.2 Å². The van der Waals surface area contributed by atoms with Gasteiger partial charge in [0.05, 0.1) is 11.6 Å². The van der Waals surface area contributed by atoms with Crippen LogP contribution in [0, 0.1) is 0 Å². The molecule has 0 saturated heterocycles. The third kappa shape index (κ3) is 3.41. The van der Waals surface area contributed by atoms with E-state index in [1.165, 1.54) is 0 Å². The maximum atomic E-state index is 9.45. The van der Waals surface area contributed by atoms with E-state index in [0.717, 1.165) is 25.7 Å². The minimum atomic E-state index is -0.425. The Balaban J connectivity index is 2.55. The van der Waals surface area contributed by atoms with Crippen LogP contribution in [0.3, 0.4) is 0 Å². The Hall–Kier alpha value is -0.160. The number of ether oxygens (including phenoxy) is 2. The van der Waals surface area contributed by atoms with Gasteiger partial charge in [-0.25, -0.2) is 0 Å². The summed E-state index contributed by atoms with van der Waals surface area (Å²) in [5.74, 6) is 0. The molecule has 0 aromatic rings. The Morgan fingerprint density at radius 1 is 1.27 bits per heavy atom. The molecule has 1 saturated carbocycles. The van der Waals surface area contributed by atoms with Gasteiger partial charge in [-0.2, -0.15) is 0 Å². The molecule has 3 N–H and O–H groups in total. The first kappa shape index (κ1) is 12.9. The van der Waals surface area contributed by atoms with Crippen LogP contribution < -0.4 is 5.73 Å². The molecule has 4 heteroatoms. The first-order valence-corrected chi connectivity index (χ1v) is 5.82. The summed E-state index contributed by atoms with van der Waals surface area (Å²) in [6, 6.07) is 0. The highest BCUT2D eigenvalue weighted by molar-refractivity contribution is 4.93. The normalized spacial score (nSPS) is 32.2. The Morgan fingerprint density at radius 2 is 1.73 bits per heavy atom. The summed E-state index contributed by atoms with van der Waals surface area (Å²) in [5, 5.41) is 9.45. The minimum Gasteiger partial charge on any atom is -0.393 e. The molecule has 1 aliphatic carbocycles. The summed E-state index contributed by atoms with van der Waals surface area (Å²) < 4.78 is 11.1. The summed E-state index contributed by atoms with van der Waals surface area (Å²) in [4.78, 5) is 0. The quantitative estimate of drug-likeness (QED) is 0.675. The SMILES string of the molecule is CCOC(OCC)C1(N)CCC(O)CC1. The molecule has 1 fully saturated rings. The van der Waals surface area contributed by atoms with Crippen LogP contribution in [0.15, 0.2) is 0 Å². The first-order valence-electron chi connectivity index (χ1n) is 5.82. The van der Waals surface area contributed by atoms with E-state index < -0.39 is 5.54 Å². The highest BCUT2D eigenvalue weighted by Crippen LogP contribution is 2.31. The smallest absolute Gasteiger partial charge is 0.175 e. The molecule has 90 valence electrons. The van der Waals surface area contributed by atoms with Crippen LogP contribution in [-0.4, -0.2) is 36.3 Å². The second-order valence-electron chi connectivity index (χ2n) is 4.21. The second-order valence-corrected chi connectivity index (χ2v) is 4.21. The van der Waals surface area contributed by atoms with Crippen molar-refractivity contribution < 1.29 is 14.6 Å². The molecular formula is C11H23NO3. The van der Waals surface area contributed by atoms with Crippen LogP contribution in [0.2, 0.25) is 0 Å². The number of nitrogens with two attached hydrogens (primary N) is 1. The molecular weight excluding hydrogens is 194 g/mol. The molecule has 15 heavy (non-hydrogen) atoms. The van der Waals surface area contributed by atoms with E-state index in [1.54, 1.807) is 0 Å². The van der Waals surface area contributed by atoms with Gasteiger partial charge in [0.15, 0.2) is 6.29 Å². The maximum absolute atomic E-state index is 9.45. The zero-order valence-corrected chi connectivity index (χ0v) is 9.74. The lowest BCUT2D eigenvalue weighted by molar-refractivity contribution is -0.184. The van der Waals surface area contributed by atoms with E-state index in [1.807, 2.05) is 13.8 Å². The van der Waals surface area contributed by atoms with Crippen LogP contribution >= 0.6 is 0 Å². The second kappa shape index (κ2) is 5.80. The van der Waals surface area contributed by atoms with Gasteiger partial charge in [-0.3, -0.25) is 0 Å². The van der Waals surface area contributed by atoms with Crippen LogP contribution in [0.25, 0.3) is 0 Å². The van der Waals surface area contributed by atoms with Crippen LogP contribution in [-0.2, 0) is 9.47 Å². The van der Waals surface area contributed by atoms with Crippen LogP contribution in [0.1, 0.15) is 39.5 Å². The van der Waals surface area contributed by atoms with Crippen molar-refractivity contribution in [3.05, 3.63) is 0 Å². The summed E-state index contributed by atoms with van der Waals surface area (Å²) in [6.07, 6.45) is 2.48. The Morgan fingerprint density at radius 3 is 2.13 bits per heavy atom. The molecule has 1 aliphatic rings. The maximum Gasteiger partial charge on any atom is 0.175 e. The van der Waals surface area contributed by atoms with Crippen molar-refractivity contribution in [1.29, 1.82) is 0 Å². The van der Waals surface area contributed by atoms with E-state index in [-0.39, 0.29) is 12.4 Å². The standard InChI is InChI=1S/C11H23NO3/c1-3-14-10(15-4-2)11(12)7-5-9(13)6-8-11/h9-10,13H,3-8,12H2,1-2H3. The molecule has 0 heterocycles. The number of aliphatic hydroxyl groups excluding tert-OH is 1. The lowest BCUT2D eigenvalue weighted by atomic mass is 9.80. The van der Waals surface area contributed by atoms with E-state index in [9.17, 15) is 5.11 Å². The van der Waals surface area contributed by atoms with E-state index in [2.05, 4.69) is 0 Å². The third-order valence-corrected chi connectivity index (χ3v) is 2.99. The fourth-order valence-electron chi connectivity index (χ4n) is 2.06. The van der Waals surface area contributed by atoms with Crippen LogP contribution in [0.4, 0.5) is 0 Å². The summed E-state index contributed by atoms with van der Waals surface area (Å²) in [6.45, 7) is 5.08. The lowest BCUT2D eigenvalue weighted by Crippen LogP contribution is -2.55. The van der Waals surface area contributed by atoms with Gasteiger partial charge in [-0.05, 0) is 39.5 Å². The highest BCUT2D eigenvalue weighted by Gasteiger charge is 2.39. The predicted octanol–water partition coefficient (Wildman–Crippen LogP) is 1.02. The molecule has 0 amide bonds. The average Bonchev–Trinajstić information content (AvgIpc) is 2.23. The van der Waals surface area contributed by atoms with Gasteiger partial charge in [0, 0.05) is 13.2 Å². The largest absolute Gasteiger partial charge is 0.393 e. The molecule has 0 unspecified atom stereocenters. The van der Waals surface area contributed by atoms with Crippen molar-refractivity contribution in [2.45, 2.75) is 57.5 Å². The molecule has 0 aromatic carbocycles. The molecule has 4 nitrogen and oxygen atoms in total. The van der Waals surface area contributed by atoms with Crippen LogP contribution in [0.5, 0.6) is 0 Å². The molecule has 1 rings (SSSR count). The number of hydrogen-bond acceptors (Lipinski definition) is 4. The van der Waals surface area contributed by atoms with Gasteiger partial charge < -0.3 is 20.3 Å². The molecule has 0 bridgehead atoms. The fraction of sp³-hybridized carbons (Fsp3) is 1.00. The monoisotopic (exact) mass is 217 g/mol. The first-order chi connectivity index (χ1) is 7.12. The van der Waals surface area contributed by atoms with E-state index in [4.69, 9.17) is 15.2 Å². The number of hydrogen-bond donors (Lipinski definition) is 2. The van der Waals surface area contributed by atoms with Crippen molar-refractivity contribution in [3.8, 4) is 0 Å². The molecule has 0 atom stereocenters. The van der Waals surface area contributed by atoms with Gasteiger partial charge in [0.1, 0.15) is 0 Å². The number of rotatable bonds is 5. The summed E-state index contributed by atoms with van der Waals surface area (Å²) >= 11 is 0. The average molecular weight is 217 g/mol. The van der Waals surface area contributed by atoms with Gasteiger partial charge in [0.25, 0.3) is 0 Å². The molecule has 0 aromatic heterocycles. The topological polar surface area (TPSA) is 64.7 Å². The predicted molar refractivity (Wildman–Crippen MR) is 58.4 cm³/mol. The van der Waals surface area contributed by atoms with E-state index >= 15 is 0 Å². The molecule has 0 aliphatic heterocycles. The Labute approximate surface area is 91.7 Å². The van der Waals surface area contributed by atoms with Crippen molar-refractivity contribution in [2.24, 2.45) is 5.73 Å². The zero-order chi connectivity index (χ0) is 11.3.